The van der Waals surface area contributed by atoms with Gasteiger partial charge >= 0.3 is 6.36 Å². The lowest BCUT2D eigenvalue weighted by molar-refractivity contribution is -0.306. The fraction of sp³-hybridized carbons (Fsp3) is 0.250. The Morgan fingerprint density at radius 2 is 2.30 bits per heavy atom. The molecule has 1 heterocycles. The molecule has 0 fully saturated rings. The van der Waals surface area contributed by atoms with Crippen molar-refractivity contribution in [2.24, 2.45) is 0 Å². The van der Waals surface area contributed by atoms with E-state index in [2.05, 4.69) is 15.2 Å². The van der Waals surface area contributed by atoms with Crippen LogP contribution < -0.4 is 4.72 Å². The van der Waals surface area contributed by atoms with Gasteiger partial charge in [0.05, 0.1) is 0 Å². The van der Waals surface area contributed by atoms with E-state index in [1.54, 1.807) is 0 Å². The van der Waals surface area contributed by atoms with Crippen LogP contribution in [-0.2, 0) is 4.74 Å². The first kappa shape index (κ1) is 7.59. The molecule has 0 aromatic carbocycles. The molecule has 0 aromatic rings. The number of nitrogens with one attached hydrogen (secondary N) is 1. The van der Waals surface area contributed by atoms with Crippen LogP contribution in [0.3, 0.4) is 0 Å². The summed E-state index contributed by atoms with van der Waals surface area (Å²) in [4.78, 5) is 0. The molecule has 0 bridgehead atoms. The highest BCUT2D eigenvalue weighted by atomic mass is 32.2. The van der Waals surface area contributed by atoms with Crippen molar-refractivity contribution in [2.75, 3.05) is 0 Å². The number of rotatable bonds is 1. The maximum Gasteiger partial charge on any atom is 0.574 e. The molecule has 10 heavy (non-hydrogen) atoms. The molecule has 0 saturated heterocycles. The Balaban J connectivity index is 2.38. The summed E-state index contributed by atoms with van der Waals surface area (Å²) in [5.74, 6) is 2.08. The Hall–Kier alpha value is -0.520. The third-order valence-corrected chi connectivity index (χ3v) is 1.17. The fourth-order valence-corrected chi connectivity index (χ4v) is 0.793. The van der Waals surface area contributed by atoms with E-state index in [9.17, 15) is 13.2 Å². The zero-order chi connectivity index (χ0) is 7.61. The molecular formula is C4H2F3NOS. The molecule has 6 heteroatoms. The van der Waals surface area contributed by atoms with Crippen molar-refractivity contribution in [3.05, 3.63) is 17.7 Å². The monoisotopic (exact) mass is 169 g/mol. The minimum absolute atomic E-state index is 0.336. The van der Waals surface area contributed by atoms with E-state index >= 15 is 0 Å². The average Bonchev–Trinajstić information content (AvgIpc) is 2.12. The molecule has 1 aliphatic rings. The molecule has 0 unspecified atom stereocenters. The maximum absolute atomic E-state index is 11.4. The number of hydrogen-bond acceptors (Lipinski definition) is 3. The summed E-state index contributed by atoms with van der Waals surface area (Å²) >= 11 is 0.905. The standard InChI is InChI=1S/C4H2F3NOS/c5-4(6,7)9-3-1-2-10-8-3/h1,8H. The van der Waals surface area contributed by atoms with Crippen LogP contribution >= 0.6 is 11.9 Å². The molecule has 0 spiro atoms. The summed E-state index contributed by atoms with van der Waals surface area (Å²) in [6, 6.07) is 0. The molecule has 2 nitrogen and oxygen atoms in total. The molecule has 0 amide bonds. The van der Waals surface area contributed by atoms with Gasteiger partial charge in [-0.25, -0.2) is 0 Å². The molecule has 0 atom stereocenters. The summed E-state index contributed by atoms with van der Waals surface area (Å²) in [6.45, 7) is 0. The van der Waals surface area contributed by atoms with Crippen LogP contribution in [0.5, 0.6) is 0 Å². The van der Waals surface area contributed by atoms with Crippen molar-refractivity contribution in [2.45, 2.75) is 6.36 Å². The molecule has 0 saturated carbocycles. The predicted molar refractivity (Wildman–Crippen MR) is 29.2 cm³/mol. The summed E-state index contributed by atoms with van der Waals surface area (Å²) in [6.07, 6.45) is -3.54. The number of alkyl halides is 3. The van der Waals surface area contributed by atoms with Crippen LogP contribution in [0.25, 0.3) is 0 Å². The summed E-state index contributed by atoms with van der Waals surface area (Å²) in [7, 11) is 0. The predicted octanol–water partition coefficient (Wildman–Crippen LogP) is 1.65. The van der Waals surface area contributed by atoms with Crippen LogP contribution in [0.4, 0.5) is 13.2 Å². The van der Waals surface area contributed by atoms with Crippen molar-refractivity contribution in [1.82, 2.24) is 4.72 Å². The Bertz CT molecular complexity index is 155. The normalized spacial score (nSPS) is 18.1. The van der Waals surface area contributed by atoms with E-state index in [1.807, 2.05) is 0 Å². The van der Waals surface area contributed by atoms with E-state index in [0.717, 1.165) is 18.0 Å². The molecule has 0 aliphatic carbocycles. The van der Waals surface area contributed by atoms with Crippen molar-refractivity contribution in [3.8, 4) is 0 Å². The van der Waals surface area contributed by atoms with Crippen molar-refractivity contribution in [3.63, 3.8) is 0 Å². The SMILES string of the molecule is FC(F)(F)OC1=C[C]SN1. The zero-order valence-corrected chi connectivity index (χ0v) is 5.34. The van der Waals surface area contributed by atoms with E-state index in [1.165, 1.54) is 0 Å². The second-order valence-corrected chi connectivity index (χ2v) is 2.02. The lowest BCUT2D eigenvalue weighted by Crippen LogP contribution is -2.16. The highest BCUT2D eigenvalue weighted by molar-refractivity contribution is 7.99. The Labute approximate surface area is 59.6 Å². The molecule has 56 valence electrons. The quantitative estimate of drug-likeness (QED) is 0.603. The van der Waals surface area contributed by atoms with Gasteiger partial charge < -0.3 is 4.74 Å². The van der Waals surface area contributed by atoms with Gasteiger partial charge in [0.2, 0.25) is 5.88 Å². The Morgan fingerprint density at radius 1 is 1.60 bits per heavy atom. The average molecular weight is 169 g/mol. The molecule has 1 rings (SSSR count). The fourth-order valence-electron chi connectivity index (χ4n) is 0.367. The van der Waals surface area contributed by atoms with Gasteiger partial charge in [-0.2, -0.15) is 0 Å². The van der Waals surface area contributed by atoms with E-state index in [-0.39, 0.29) is 5.88 Å². The Morgan fingerprint density at radius 3 is 2.70 bits per heavy atom. The van der Waals surface area contributed by atoms with Crippen molar-refractivity contribution >= 4 is 11.9 Å². The smallest absolute Gasteiger partial charge is 0.390 e. The lowest BCUT2D eigenvalue weighted by atomic mass is 10.7. The van der Waals surface area contributed by atoms with Gasteiger partial charge in [0, 0.05) is 0 Å². The van der Waals surface area contributed by atoms with Gasteiger partial charge in [-0.15, -0.1) is 13.2 Å². The lowest BCUT2D eigenvalue weighted by Gasteiger charge is -2.08. The first-order chi connectivity index (χ1) is 4.58. The van der Waals surface area contributed by atoms with Gasteiger partial charge in [0.25, 0.3) is 0 Å². The highest BCUT2D eigenvalue weighted by Crippen LogP contribution is 2.24. The molecule has 2 radical (unpaired) electrons. The minimum atomic E-state index is -4.62. The topological polar surface area (TPSA) is 21.3 Å². The number of hydrogen-bond donors (Lipinski definition) is 1. The zero-order valence-electron chi connectivity index (χ0n) is 4.53. The highest BCUT2D eigenvalue weighted by Gasteiger charge is 2.32. The molecule has 1 N–H and O–H groups in total. The maximum atomic E-state index is 11.4. The van der Waals surface area contributed by atoms with Gasteiger partial charge in [-0.05, 0) is 18.0 Å². The van der Waals surface area contributed by atoms with Crippen molar-refractivity contribution in [1.29, 1.82) is 0 Å². The van der Waals surface area contributed by atoms with Crippen LogP contribution in [0.2, 0.25) is 0 Å². The second-order valence-electron chi connectivity index (χ2n) is 1.38. The molecule has 0 aromatic heterocycles. The van der Waals surface area contributed by atoms with E-state index < -0.39 is 6.36 Å². The number of ether oxygens (including phenoxy) is 1. The van der Waals surface area contributed by atoms with Crippen LogP contribution in [0.1, 0.15) is 0 Å². The van der Waals surface area contributed by atoms with Crippen LogP contribution in [-0.4, -0.2) is 6.36 Å². The third-order valence-electron chi connectivity index (χ3n) is 0.626. The molecule has 1 aliphatic heterocycles. The van der Waals surface area contributed by atoms with Gasteiger partial charge in [0.1, 0.15) is 5.75 Å². The summed E-state index contributed by atoms with van der Waals surface area (Å²) in [5, 5.41) is 0. The Kier molecular flexibility index (Phi) is 1.98. The molecular weight excluding hydrogens is 167 g/mol. The van der Waals surface area contributed by atoms with Gasteiger partial charge in [0.15, 0.2) is 0 Å². The van der Waals surface area contributed by atoms with E-state index in [0.29, 0.717) is 0 Å². The summed E-state index contributed by atoms with van der Waals surface area (Å²) in [5.41, 5.74) is 0. The summed E-state index contributed by atoms with van der Waals surface area (Å²) < 4.78 is 39.8. The van der Waals surface area contributed by atoms with E-state index in [4.69, 9.17) is 0 Å². The number of halogens is 3. The van der Waals surface area contributed by atoms with Gasteiger partial charge in [-0.1, -0.05) is 0 Å². The van der Waals surface area contributed by atoms with Crippen LogP contribution in [0.15, 0.2) is 12.0 Å². The van der Waals surface area contributed by atoms with Crippen molar-refractivity contribution < 1.29 is 17.9 Å². The minimum Gasteiger partial charge on any atom is -0.390 e. The first-order valence-corrected chi connectivity index (χ1v) is 3.03. The second kappa shape index (κ2) is 2.61. The third kappa shape index (κ3) is 2.38. The first-order valence-electron chi connectivity index (χ1n) is 2.21. The van der Waals surface area contributed by atoms with Crippen LogP contribution in [0, 0.1) is 5.75 Å². The van der Waals surface area contributed by atoms with Gasteiger partial charge in [-0.3, -0.25) is 4.72 Å². The largest absolute Gasteiger partial charge is 0.574 e.